The van der Waals surface area contributed by atoms with Crippen molar-refractivity contribution in [3.8, 4) is 0 Å². The van der Waals surface area contributed by atoms with Crippen molar-refractivity contribution in [1.29, 1.82) is 0 Å². The molecule has 2 saturated heterocycles. The number of nitrogens with zero attached hydrogens (tertiary/aromatic N) is 2. The number of hydrogen-bond acceptors (Lipinski definition) is 5. The van der Waals surface area contributed by atoms with Crippen molar-refractivity contribution in [3.63, 3.8) is 0 Å². The van der Waals surface area contributed by atoms with Crippen LogP contribution in [-0.4, -0.2) is 35.8 Å². The van der Waals surface area contributed by atoms with Crippen LogP contribution in [-0.2, 0) is 14.3 Å². The number of rotatable bonds is 4. The molecular formula is C26H24N2O4. The Bertz CT molecular complexity index is 1090. The molecule has 162 valence electrons. The summed E-state index contributed by atoms with van der Waals surface area (Å²) in [6, 6.07) is 28.2. The van der Waals surface area contributed by atoms with Crippen molar-refractivity contribution in [2.24, 2.45) is 5.92 Å². The summed E-state index contributed by atoms with van der Waals surface area (Å²) in [7, 11) is 1.39. The maximum atomic E-state index is 13.2. The van der Waals surface area contributed by atoms with Gasteiger partial charge in [0.15, 0.2) is 0 Å². The number of amides is 1. The van der Waals surface area contributed by atoms with Crippen LogP contribution >= 0.6 is 0 Å². The summed E-state index contributed by atoms with van der Waals surface area (Å²) >= 11 is 0. The lowest BCUT2D eigenvalue weighted by Gasteiger charge is -2.43. The number of esters is 1. The molecule has 0 unspecified atom stereocenters. The van der Waals surface area contributed by atoms with Gasteiger partial charge in [-0.25, -0.2) is 9.80 Å². The number of ether oxygens (including phenoxy) is 2. The van der Waals surface area contributed by atoms with Gasteiger partial charge in [-0.2, -0.15) is 5.01 Å². The average molecular weight is 428 g/mol. The molecule has 0 aromatic heterocycles. The van der Waals surface area contributed by atoms with Crippen LogP contribution in [0.3, 0.4) is 0 Å². The number of hydrazine groups is 1. The molecule has 0 spiro atoms. The molecule has 2 aliphatic heterocycles. The summed E-state index contributed by atoms with van der Waals surface area (Å²) in [5.74, 6) is -0.983. The number of methoxy groups -OCH3 is 1. The molecule has 1 amide bonds. The lowest BCUT2D eigenvalue weighted by Crippen LogP contribution is -2.51. The van der Waals surface area contributed by atoms with Crippen LogP contribution in [0.5, 0.6) is 0 Å². The van der Waals surface area contributed by atoms with E-state index >= 15 is 0 Å². The zero-order valence-electron chi connectivity index (χ0n) is 17.7. The van der Waals surface area contributed by atoms with Crippen LogP contribution in [0.15, 0.2) is 91.0 Å². The maximum absolute atomic E-state index is 13.2. The summed E-state index contributed by atoms with van der Waals surface area (Å²) in [6.07, 6.45) is -0.460. The normalized spacial score (nSPS) is 25.2. The zero-order chi connectivity index (χ0) is 22.1. The van der Waals surface area contributed by atoms with Crippen molar-refractivity contribution in [2.45, 2.75) is 18.1 Å². The molecule has 5 rings (SSSR count). The topological polar surface area (TPSA) is 59.1 Å². The average Bonchev–Trinajstić information content (AvgIpc) is 3.22. The van der Waals surface area contributed by atoms with Crippen molar-refractivity contribution < 1.29 is 19.1 Å². The zero-order valence-corrected chi connectivity index (χ0v) is 17.7. The molecule has 3 aromatic rings. The molecule has 6 heteroatoms. The van der Waals surface area contributed by atoms with E-state index in [-0.39, 0.29) is 18.6 Å². The number of cyclic esters (lactones) is 1. The first-order chi connectivity index (χ1) is 15.7. The molecule has 2 aliphatic rings. The van der Waals surface area contributed by atoms with E-state index in [4.69, 9.17) is 9.47 Å². The molecule has 3 aromatic carbocycles. The van der Waals surface area contributed by atoms with Gasteiger partial charge in [-0.15, -0.1) is 0 Å². The van der Waals surface area contributed by atoms with Crippen LogP contribution in [0.4, 0.5) is 4.79 Å². The number of fused-ring (bicyclic) bond motifs is 1. The van der Waals surface area contributed by atoms with E-state index < -0.39 is 24.1 Å². The minimum Gasteiger partial charge on any atom is -0.469 e. The molecular weight excluding hydrogens is 404 g/mol. The Balaban J connectivity index is 1.73. The Kier molecular flexibility index (Phi) is 5.37. The maximum Gasteiger partial charge on any atom is 0.425 e. The number of carbonyl (C=O) groups is 2. The van der Waals surface area contributed by atoms with E-state index in [1.54, 1.807) is 5.01 Å². The molecule has 32 heavy (non-hydrogen) atoms. The highest BCUT2D eigenvalue weighted by Gasteiger charge is 2.59. The predicted octanol–water partition coefficient (Wildman–Crippen LogP) is 4.68. The standard InChI is InChI=1S/C26H24N2O4/c1-31-25(29)22-23(19-13-7-3-8-14-19)27-21(18-11-5-2-6-12-18)17-32-26(30)28(27)24(22)20-15-9-4-10-16-20/h2-16,21-24H,17H2,1H3/t21-,22-,23-,24+/m0/s1. The first-order valence-corrected chi connectivity index (χ1v) is 10.7. The van der Waals surface area contributed by atoms with Crippen LogP contribution < -0.4 is 0 Å². The fourth-order valence-corrected chi connectivity index (χ4v) is 4.94. The molecule has 0 N–H and O–H groups in total. The predicted molar refractivity (Wildman–Crippen MR) is 118 cm³/mol. The van der Waals surface area contributed by atoms with Crippen molar-refractivity contribution in [2.75, 3.05) is 13.7 Å². The van der Waals surface area contributed by atoms with Gasteiger partial charge in [-0.05, 0) is 16.7 Å². The van der Waals surface area contributed by atoms with Gasteiger partial charge in [0, 0.05) is 0 Å². The summed E-state index contributed by atoms with van der Waals surface area (Å²) in [4.78, 5) is 26.4. The molecule has 0 bridgehead atoms. The number of carbonyl (C=O) groups excluding carboxylic acids is 2. The van der Waals surface area contributed by atoms with Gasteiger partial charge in [-0.1, -0.05) is 91.0 Å². The van der Waals surface area contributed by atoms with Gasteiger partial charge in [0.2, 0.25) is 0 Å². The smallest absolute Gasteiger partial charge is 0.425 e. The van der Waals surface area contributed by atoms with Gasteiger partial charge in [0.25, 0.3) is 0 Å². The second-order valence-corrected chi connectivity index (χ2v) is 7.99. The van der Waals surface area contributed by atoms with E-state index in [1.807, 2.05) is 96.0 Å². The Morgan fingerprint density at radius 2 is 1.31 bits per heavy atom. The molecule has 6 nitrogen and oxygen atoms in total. The second kappa shape index (κ2) is 8.48. The first-order valence-electron chi connectivity index (χ1n) is 10.7. The highest BCUT2D eigenvalue weighted by molar-refractivity contribution is 5.78. The fourth-order valence-electron chi connectivity index (χ4n) is 4.94. The van der Waals surface area contributed by atoms with Crippen molar-refractivity contribution >= 4 is 12.1 Å². The molecule has 0 aliphatic carbocycles. The Morgan fingerprint density at radius 3 is 1.84 bits per heavy atom. The summed E-state index contributed by atoms with van der Waals surface area (Å²) in [6.45, 7) is 0.206. The van der Waals surface area contributed by atoms with E-state index in [2.05, 4.69) is 0 Å². The van der Waals surface area contributed by atoms with E-state index in [0.29, 0.717) is 0 Å². The van der Waals surface area contributed by atoms with Gasteiger partial charge < -0.3 is 9.47 Å². The van der Waals surface area contributed by atoms with Crippen LogP contribution in [0.1, 0.15) is 34.8 Å². The first kappa shape index (κ1) is 20.3. The fraction of sp³-hybridized carbons (Fsp3) is 0.231. The van der Waals surface area contributed by atoms with Crippen LogP contribution in [0.25, 0.3) is 0 Å². The number of benzene rings is 3. The molecule has 4 atom stereocenters. The van der Waals surface area contributed by atoms with E-state index in [0.717, 1.165) is 16.7 Å². The third kappa shape index (κ3) is 3.33. The summed E-state index contributed by atoms with van der Waals surface area (Å²) < 4.78 is 10.9. The lowest BCUT2D eigenvalue weighted by atomic mass is 9.85. The molecule has 0 radical (unpaired) electrons. The highest BCUT2D eigenvalue weighted by Crippen LogP contribution is 2.54. The van der Waals surface area contributed by atoms with E-state index in [1.165, 1.54) is 7.11 Å². The lowest BCUT2D eigenvalue weighted by molar-refractivity contribution is -0.147. The Hall–Kier alpha value is -3.64. The Labute approximate surface area is 186 Å². The van der Waals surface area contributed by atoms with E-state index in [9.17, 15) is 9.59 Å². The SMILES string of the molecule is COC(=O)[C@@H]1[C@@H](c2ccccc2)N2C(=O)OC[C@@H](c3ccccc3)N2[C@H]1c1ccccc1. The van der Waals surface area contributed by atoms with Gasteiger partial charge >= 0.3 is 12.1 Å². The third-order valence-electron chi connectivity index (χ3n) is 6.29. The summed E-state index contributed by atoms with van der Waals surface area (Å²) in [5.41, 5.74) is 2.82. The third-order valence-corrected chi connectivity index (χ3v) is 6.29. The quantitative estimate of drug-likeness (QED) is 0.565. The highest BCUT2D eigenvalue weighted by atomic mass is 16.6. The molecule has 0 saturated carbocycles. The Morgan fingerprint density at radius 1 is 0.812 bits per heavy atom. The molecule has 2 fully saturated rings. The van der Waals surface area contributed by atoms with Crippen molar-refractivity contribution in [3.05, 3.63) is 108 Å². The minimum atomic E-state index is -0.623. The molecule has 2 heterocycles. The largest absolute Gasteiger partial charge is 0.469 e. The van der Waals surface area contributed by atoms with Crippen molar-refractivity contribution in [1.82, 2.24) is 10.0 Å². The minimum absolute atomic E-state index is 0.206. The summed E-state index contributed by atoms with van der Waals surface area (Å²) in [5, 5.41) is 3.64. The van der Waals surface area contributed by atoms with Crippen LogP contribution in [0, 0.1) is 5.92 Å². The monoisotopic (exact) mass is 428 g/mol. The second-order valence-electron chi connectivity index (χ2n) is 7.99. The van der Waals surface area contributed by atoms with Gasteiger partial charge in [0.1, 0.15) is 12.5 Å². The number of hydrogen-bond donors (Lipinski definition) is 0. The van der Waals surface area contributed by atoms with Crippen LogP contribution in [0.2, 0.25) is 0 Å². The van der Waals surface area contributed by atoms with Gasteiger partial charge in [0.05, 0.1) is 25.2 Å². The van der Waals surface area contributed by atoms with Gasteiger partial charge in [-0.3, -0.25) is 4.79 Å².